The summed E-state index contributed by atoms with van der Waals surface area (Å²) < 4.78 is 7.20. The molecule has 166 valence electrons. The molecule has 1 aromatic carbocycles. The first kappa shape index (κ1) is 21.8. The fourth-order valence-electron chi connectivity index (χ4n) is 3.42. The summed E-state index contributed by atoms with van der Waals surface area (Å²) in [6, 6.07) is 7.83. The lowest BCUT2D eigenvalue weighted by atomic mass is 10.1. The first-order valence-corrected chi connectivity index (χ1v) is 11.6. The van der Waals surface area contributed by atoms with Gasteiger partial charge in [0.15, 0.2) is 0 Å². The molecule has 5 aromatic rings. The normalized spacial score (nSPS) is 12.0. The van der Waals surface area contributed by atoms with Crippen LogP contribution in [0.3, 0.4) is 0 Å². The number of fused-ring (bicyclic) bond motifs is 3. The number of aromatic nitrogens is 6. The van der Waals surface area contributed by atoms with E-state index in [0.717, 1.165) is 54.1 Å². The SMILES string of the molecule is COc1cc2c(cc1Nc1ncnc3[nH]c(Br)cc13)C=NC2.Clc1ncnc2[nH]c(Br)cc12. The minimum atomic E-state index is 0.469. The molecule has 1 aliphatic rings. The Balaban J connectivity index is 0.000000174. The van der Waals surface area contributed by atoms with Gasteiger partial charge in [-0.1, -0.05) is 11.6 Å². The van der Waals surface area contributed by atoms with Gasteiger partial charge < -0.3 is 20.0 Å². The molecule has 0 aliphatic carbocycles. The molecule has 9 nitrogen and oxygen atoms in total. The lowest BCUT2D eigenvalue weighted by molar-refractivity contribution is 0.416. The van der Waals surface area contributed by atoms with Gasteiger partial charge in [-0.05, 0) is 67.3 Å². The van der Waals surface area contributed by atoms with E-state index in [1.165, 1.54) is 18.2 Å². The molecule has 0 amide bonds. The van der Waals surface area contributed by atoms with Gasteiger partial charge in [0.1, 0.15) is 40.7 Å². The van der Waals surface area contributed by atoms with Gasteiger partial charge in [-0.3, -0.25) is 4.99 Å². The first-order valence-electron chi connectivity index (χ1n) is 9.63. The Hall–Kier alpha value is -3.02. The van der Waals surface area contributed by atoms with Crippen molar-refractivity contribution in [3.8, 4) is 5.75 Å². The van der Waals surface area contributed by atoms with Crippen LogP contribution in [0.2, 0.25) is 5.15 Å². The van der Waals surface area contributed by atoms with Crippen molar-refractivity contribution in [3.05, 3.63) is 62.4 Å². The highest BCUT2D eigenvalue weighted by Crippen LogP contribution is 2.34. The second-order valence-electron chi connectivity index (χ2n) is 6.99. The van der Waals surface area contributed by atoms with Gasteiger partial charge in [-0.15, -0.1) is 0 Å². The Morgan fingerprint density at radius 2 is 1.64 bits per heavy atom. The molecule has 33 heavy (non-hydrogen) atoms. The molecule has 0 bridgehead atoms. The zero-order valence-electron chi connectivity index (χ0n) is 17.0. The van der Waals surface area contributed by atoms with E-state index in [1.54, 1.807) is 7.11 Å². The lowest BCUT2D eigenvalue weighted by Gasteiger charge is -2.13. The number of anilines is 2. The van der Waals surface area contributed by atoms with Gasteiger partial charge >= 0.3 is 0 Å². The van der Waals surface area contributed by atoms with Crippen LogP contribution in [-0.2, 0) is 6.54 Å². The standard InChI is InChI=1S/C15H12BrN5O.C6H3BrClN3/c1-22-12-3-9-6-17-5-8(9)2-11(12)20-14-10-4-13(16)21-15(10)19-7-18-14;7-4-1-3-5(8)9-2-10-6(3)11-4/h2-5,7H,6H2,1H3,(H2,18,19,20,21);1-2H,(H,9,10,11). The lowest BCUT2D eigenvalue weighted by Crippen LogP contribution is -2.00. The second kappa shape index (κ2) is 9.08. The van der Waals surface area contributed by atoms with Crippen molar-refractivity contribution in [1.82, 2.24) is 29.9 Å². The number of halogens is 3. The number of ether oxygens (including phenoxy) is 1. The van der Waals surface area contributed by atoms with Crippen LogP contribution >= 0.6 is 43.5 Å². The van der Waals surface area contributed by atoms with Crippen molar-refractivity contribution < 1.29 is 4.74 Å². The summed E-state index contributed by atoms with van der Waals surface area (Å²) in [5.41, 5.74) is 4.64. The average molecular weight is 591 g/mol. The van der Waals surface area contributed by atoms with Crippen molar-refractivity contribution in [1.29, 1.82) is 0 Å². The zero-order valence-corrected chi connectivity index (χ0v) is 21.0. The average Bonchev–Trinajstić information content (AvgIpc) is 3.51. The van der Waals surface area contributed by atoms with Crippen molar-refractivity contribution >= 4 is 83.2 Å². The minimum absolute atomic E-state index is 0.469. The first-order chi connectivity index (χ1) is 16.0. The van der Waals surface area contributed by atoms with Crippen molar-refractivity contribution in [2.24, 2.45) is 4.99 Å². The van der Waals surface area contributed by atoms with E-state index in [9.17, 15) is 0 Å². The van der Waals surface area contributed by atoms with Crippen LogP contribution in [0.25, 0.3) is 22.1 Å². The van der Waals surface area contributed by atoms with E-state index < -0.39 is 0 Å². The highest BCUT2D eigenvalue weighted by molar-refractivity contribution is 9.10. The maximum absolute atomic E-state index is 5.78. The van der Waals surface area contributed by atoms with Crippen LogP contribution < -0.4 is 10.1 Å². The van der Waals surface area contributed by atoms with Gasteiger partial charge in [0, 0.05) is 6.21 Å². The molecule has 12 heteroatoms. The molecule has 0 atom stereocenters. The van der Waals surface area contributed by atoms with Crippen LogP contribution in [0.1, 0.15) is 11.1 Å². The van der Waals surface area contributed by atoms with Gasteiger partial charge in [-0.25, -0.2) is 19.9 Å². The molecule has 3 N–H and O–H groups in total. The Labute approximate surface area is 209 Å². The largest absolute Gasteiger partial charge is 0.495 e. The molecule has 0 spiro atoms. The highest BCUT2D eigenvalue weighted by atomic mass is 79.9. The van der Waals surface area contributed by atoms with Crippen LogP contribution in [0.4, 0.5) is 11.5 Å². The van der Waals surface area contributed by atoms with Crippen molar-refractivity contribution in [3.63, 3.8) is 0 Å². The third kappa shape index (κ3) is 4.43. The predicted octanol–water partition coefficient (Wildman–Crippen LogP) is 5.78. The van der Waals surface area contributed by atoms with Crippen molar-refractivity contribution in [2.75, 3.05) is 12.4 Å². The summed E-state index contributed by atoms with van der Waals surface area (Å²) in [7, 11) is 1.66. The number of hydrogen-bond donors (Lipinski definition) is 3. The monoisotopic (exact) mass is 588 g/mol. The van der Waals surface area contributed by atoms with Crippen LogP contribution in [0.15, 0.2) is 51.1 Å². The number of rotatable bonds is 3. The molecule has 0 unspecified atom stereocenters. The van der Waals surface area contributed by atoms with E-state index in [1.807, 2.05) is 30.5 Å². The smallest absolute Gasteiger partial charge is 0.143 e. The van der Waals surface area contributed by atoms with E-state index in [2.05, 4.69) is 72.1 Å². The molecule has 1 aliphatic heterocycles. The number of benzene rings is 1. The molecule has 0 fully saturated rings. The zero-order chi connectivity index (χ0) is 22.9. The van der Waals surface area contributed by atoms with Crippen LogP contribution in [0, 0.1) is 0 Å². The summed E-state index contributed by atoms with van der Waals surface area (Å²) in [6.45, 7) is 0.703. The van der Waals surface area contributed by atoms with E-state index in [0.29, 0.717) is 11.7 Å². The van der Waals surface area contributed by atoms with Gasteiger partial charge in [0.2, 0.25) is 0 Å². The number of methoxy groups -OCH3 is 1. The van der Waals surface area contributed by atoms with Crippen LogP contribution in [0.5, 0.6) is 5.75 Å². The third-order valence-corrected chi connectivity index (χ3v) is 6.10. The Bertz CT molecular complexity index is 1510. The molecule has 0 saturated heterocycles. The summed E-state index contributed by atoms with van der Waals surface area (Å²) in [5, 5.41) is 5.54. The maximum Gasteiger partial charge on any atom is 0.143 e. The van der Waals surface area contributed by atoms with Gasteiger partial charge in [0.25, 0.3) is 0 Å². The van der Waals surface area contributed by atoms with Crippen LogP contribution in [-0.4, -0.2) is 43.2 Å². The van der Waals surface area contributed by atoms with Gasteiger partial charge in [0.05, 0.1) is 39.3 Å². The van der Waals surface area contributed by atoms with Gasteiger partial charge in [-0.2, -0.15) is 0 Å². The summed E-state index contributed by atoms with van der Waals surface area (Å²) in [6.07, 6.45) is 4.82. The fourth-order valence-corrected chi connectivity index (χ4v) is 4.44. The van der Waals surface area contributed by atoms with E-state index in [4.69, 9.17) is 16.3 Å². The second-order valence-corrected chi connectivity index (χ2v) is 9.06. The van der Waals surface area contributed by atoms with E-state index in [-0.39, 0.29) is 0 Å². The number of aliphatic imine (C=N–C) groups is 1. The number of aromatic amines is 2. The number of hydrogen-bond acceptors (Lipinski definition) is 7. The highest BCUT2D eigenvalue weighted by Gasteiger charge is 2.14. The van der Waals surface area contributed by atoms with Crippen molar-refractivity contribution in [2.45, 2.75) is 6.54 Å². The summed E-state index contributed by atoms with van der Waals surface area (Å²) in [4.78, 5) is 26.8. The van der Waals surface area contributed by atoms with E-state index >= 15 is 0 Å². The Morgan fingerprint density at radius 3 is 2.36 bits per heavy atom. The summed E-state index contributed by atoms with van der Waals surface area (Å²) in [5.74, 6) is 1.49. The maximum atomic E-state index is 5.78. The molecule has 0 saturated carbocycles. The number of nitrogens with one attached hydrogen (secondary N) is 3. The Kier molecular flexibility index (Phi) is 6.00. The molecule has 0 radical (unpaired) electrons. The predicted molar refractivity (Wildman–Crippen MR) is 136 cm³/mol. The minimum Gasteiger partial charge on any atom is -0.495 e. The topological polar surface area (TPSA) is 117 Å². The number of H-pyrrole nitrogens is 2. The molecular formula is C21H15Br2ClN8O. The fraction of sp³-hybridized carbons (Fsp3) is 0.0952. The molecule has 4 aromatic heterocycles. The quantitative estimate of drug-likeness (QED) is 0.230. The third-order valence-electron chi connectivity index (χ3n) is 4.94. The summed E-state index contributed by atoms with van der Waals surface area (Å²) >= 11 is 12.5. The molecule has 5 heterocycles. The molecular weight excluding hydrogens is 576 g/mol. The Morgan fingerprint density at radius 1 is 0.939 bits per heavy atom. The molecule has 6 rings (SSSR count). The number of nitrogens with zero attached hydrogens (tertiary/aromatic N) is 5.